The van der Waals surface area contributed by atoms with E-state index in [1.165, 1.54) is 28.3 Å². The van der Waals surface area contributed by atoms with Crippen LogP contribution in [0, 0.1) is 19.7 Å². The molecule has 0 unspecified atom stereocenters. The third kappa shape index (κ3) is 2.69. The van der Waals surface area contributed by atoms with Crippen LogP contribution in [0.3, 0.4) is 0 Å². The standard InChI is InChI=1S/C19H18FNS/c1-13-4-10-17(11-5-13)21-12-18(19(22-3)14(21)2)15-6-8-16(20)9-7-15/h4-12H,1-3H3. The van der Waals surface area contributed by atoms with Gasteiger partial charge in [-0.1, -0.05) is 29.8 Å². The number of hydrogen-bond acceptors (Lipinski definition) is 1. The fourth-order valence-electron chi connectivity index (χ4n) is 2.66. The van der Waals surface area contributed by atoms with Crippen LogP contribution in [0.15, 0.2) is 59.6 Å². The predicted octanol–water partition coefficient (Wildman–Crippen LogP) is 5.62. The first kappa shape index (κ1) is 14.9. The summed E-state index contributed by atoms with van der Waals surface area (Å²) in [6.45, 7) is 4.21. The summed E-state index contributed by atoms with van der Waals surface area (Å²) in [7, 11) is 0. The zero-order valence-electron chi connectivity index (χ0n) is 12.9. The number of aromatic nitrogens is 1. The lowest BCUT2D eigenvalue weighted by Crippen LogP contribution is -1.94. The smallest absolute Gasteiger partial charge is 0.123 e. The minimum atomic E-state index is -0.204. The van der Waals surface area contributed by atoms with Crippen LogP contribution in [0.1, 0.15) is 11.3 Å². The molecule has 0 amide bonds. The second-order valence-electron chi connectivity index (χ2n) is 5.37. The van der Waals surface area contributed by atoms with Gasteiger partial charge in [-0.05, 0) is 49.9 Å². The molecule has 0 radical (unpaired) electrons. The average Bonchev–Trinajstić information content (AvgIpc) is 2.85. The Balaban J connectivity index is 2.14. The minimum Gasteiger partial charge on any atom is -0.319 e. The normalized spacial score (nSPS) is 10.9. The Bertz CT molecular complexity index is 786. The van der Waals surface area contributed by atoms with Gasteiger partial charge in [-0.15, -0.1) is 11.8 Å². The molecule has 22 heavy (non-hydrogen) atoms. The highest BCUT2D eigenvalue weighted by Gasteiger charge is 2.14. The first-order chi connectivity index (χ1) is 10.6. The van der Waals surface area contributed by atoms with Crippen molar-refractivity contribution in [3.63, 3.8) is 0 Å². The number of rotatable bonds is 3. The van der Waals surface area contributed by atoms with Gasteiger partial charge in [0, 0.05) is 28.0 Å². The summed E-state index contributed by atoms with van der Waals surface area (Å²) in [5.41, 5.74) is 5.78. The summed E-state index contributed by atoms with van der Waals surface area (Å²) in [6, 6.07) is 15.2. The van der Waals surface area contributed by atoms with E-state index in [1.807, 2.05) is 12.1 Å². The largest absolute Gasteiger partial charge is 0.319 e. The van der Waals surface area contributed by atoms with E-state index < -0.39 is 0 Å². The monoisotopic (exact) mass is 311 g/mol. The maximum absolute atomic E-state index is 13.2. The van der Waals surface area contributed by atoms with E-state index in [0.717, 1.165) is 16.8 Å². The molecule has 0 atom stereocenters. The van der Waals surface area contributed by atoms with Crippen molar-refractivity contribution in [1.82, 2.24) is 4.57 Å². The van der Waals surface area contributed by atoms with Crippen molar-refractivity contribution in [2.75, 3.05) is 6.26 Å². The quantitative estimate of drug-likeness (QED) is 0.568. The Kier molecular flexibility index (Phi) is 4.08. The molecule has 0 aliphatic heterocycles. The van der Waals surface area contributed by atoms with Gasteiger partial charge in [-0.2, -0.15) is 0 Å². The summed E-state index contributed by atoms with van der Waals surface area (Å²) in [5.74, 6) is -0.204. The van der Waals surface area contributed by atoms with Crippen molar-refractivity contribution in [3.05, 3.63) is 71.8 Å². The van der Waals surface area contributed by atoms with Crippen molar-refractivity contribution >= 4 is 11.8 Å². The zero-order valence-corrected chi connectivity index (χ0v) is 13.7. The highest BCUT2D eigenvalue weighted by molar-refractivity contribution is 7.98. The van der Waals surface area contributed by atoms with Crippen molar-refractivity contribution in [3.8, 4) is 16.8 Å². The SMILES string of the molecule is CSc1c(-c2ccc(F)cc2)cn(-c2ccc(C)cc2)c1C. The highest BCUT2D eigenvalue weighted by atomic mass is 32.2. The van der Waals surface area contributed by atoms with Crippen LogP contribution in [0.2, 0.25) is 0 Å². The van der Waals surface area contributed by atoms with Crippen LogP contribution in [0.5, 0.6) is 0 Å². The van der Waals surface area contributed by atoms with E-state index in [4.69, 9.17) is 0 Å². The molecular weight excluding hydrogens is 293 g/mol. The van der Waals surface area contributed by atoms with E-state index in [-0.39, 0.29) is 5.82 Å². The molecule has 0 spiro atoms. The number of hydrogen-bond donors (Lipinski definition) is 0. The predicted molar refractivity (Wildman–Crippen MR) is 92.4 cm³/mol. The maximum Gasteiger partial charge on any atom is 0.123 e. The summed E-state index contributed by atoms with van der Waals surface area (Å²) < 4.78 is 15.4. The molecule has 0 N–H and O–H groups in total. The Labute approximate surface area is 134 Å². The van der Waals surface area contributed by atoms with Crippen molar-refractivity contribution in [2.45, 2.75) is 18.7 Å². The van der Waals surface area contributed by atoms with Crippen LogP contribution in [-0.2, 0) is 0 Å². The molecule has 2 aromatic carbocycles. The number of thioether (sulfide) groups is 1. The van der Waals surface area contributed by atoms with Gasteiger partial charge in [0.25, 0.3) is 0 Å². The number of aryl methyl sites for hydroxylation is 1. The minimum absolute atomic E-state index is 0.204. The Morgan fingerprint density at radius 2 is 1.55 bits per heavy atom. The summed E-state index contributed by atoms with van der Waals surface area (Å²) >= 11 is 1.73. The lowest BCUT2D eigenvalue weighted by molar-refractivity contribution is 0.628. The molecule has 1 nitrogen and oxygen atoms in total. The third-order valence-corrected chi connectivity index (χ3v) is 4.79. The molecule has 0 fully saturated rings. The van der Waals surface area contributed by atoms with Crippen LogP contribution in [-0.4, -0.2) is 10.8 Å². The van der Waals surface area contributed by atoms with Crippen LogP contribution in [0.4, 0.5) is 4.39 Å². The Hall–Kier alpha value is -2.00. The molecule has 0 bridgehead atoms. The molecule has 1 aromatic heterocycles. The van der Waals surface area contributed by atoms with E-state index in [2.05, 4.69) is 55.1 Å². The molecule has 0 aliphatic rings. The van der Waals surface area contributed by atoms with Gasteiger partial charge in [0.15, 0.2) is 0 Å². The van der Waals surface area contributed by atoms with Crippen molar-refractivity contribution < 1.29 is 4.39 Å². The fraction of sp³-hybridized carbons (Fsp3) is 0.158. The van der Waals surface area contributed by atoms with Gasteiger partial charge in [0.1, 0.15) is 5.82 Å². The Morgan fingerprint density at radius 1 is 0.909 bits per heavy atom. The molecule has 3 rings (SSSR count). The molecule has 0 saturated carbocycles. The van der Waals surface area contributed by atoms with Gasteiger partial charge in [0.05, 0.1) is 0 Å². The lowest BCUT2D eigenvalue weighted by atomic mass is 10.1. The second-order valence-corrected chi connectivity index (χ2v) is 6.19. The number of benzene rings is 2. The van der Waals surface area contributed by atoms with E-state index in [9.17, 15) is 4.39 Å². The van der Waals surface area contributed by atoms with Crippen LogP contribution < -0.4 is 0 Å². The molecule has 3 aromatic rings. The number of halogens is 1. The third-order valence-electron chi connectivity index (χ3n) is 3.86. The number of nitrogens with zero attached hydrogens (tertiary/aromatic N) is 1. The molecule has 3 heteroatoms. The van der Waals surface area contributed by atoms with Crippen molar-refractivity contribution in [1.29, 1.82) is 0 Å². The molecular formula is C19H18FNS. The first-order valence-electron chi connectivity index (χ1n) is 7.19. The first-order valence-corrected chi connectivity index (χ1v) is 8.41. The molecule has 1 heterocycles. The van der Waals surface area contributed by atoms with Crippen LogP contribution >= 0.6 is 11.8 Å². The van der Waals surface area contributed by atoms with Gasteiger partial charge in [-0.25, -0.2) is 4.39 Å². The van der Waals surface area contributed by atoms with E-state index in [1.54, 1.807) is 11.8 Å². The van der Waals surface area contributed by atoms with Crippen molar-refractivity contribution in [2.24, 2.45) is 0 Å². The molecule has 112 valence electrons. The highest BCUT2D eigenvalue weighted by Crippen LogP contribution is 2.36. The average molecular weight is 311 g/mol. The topological polar surface area (TPSA) is 4.93 Å². The maximum atomic E-state index is 13.2. The van der Waals surface area contributed by atoms with Crippen LogP contribution in [0.25, 0.3) is 16.8 Å². The second kappa shape index (κ2) is 6.01. The Morgan fingerprint density at radius 3 is 2.14 bits per heavy atom. The van der Waals surface area contributed by atoms with E-state index in [0.29, 0.717) is 0 Å². The molecule has 0 saturated heterocycles. The summed E-state index contributed by atoms with van der Waals surface area (Å²) in [6.07, 6.45) is 4.22. The van der Waals surface area contributed by atoms with Gasteiger partial charge >= 0.3 is 0 Å². The van der Waals surface area contributed by atoms with Gasteiger partial charge in [0.2, 0.25) is 0 Å². The summed E-state index contributed by atoms with van der Waals surface area (Å²) in [5, 5.41) is 0. The van der Waals surface area contributed by atoms with E-state index >= 15 is 0 Å². The zero-order chi connectivity index (χ0) is 15.7. The fourth-order valence-corrected chi connectivity index (χ4v) is 3.44. The van der Waals surface area contributed by atoms with Gasteiger partial charge < -0.3 is 4.57 Å². The van der Waals surface area contributed by atoms with Gasteiger partial charge in [-0.3, -0.25) is 0 Å². The lowest BCUT2D eigenvalue weighted by Gasteiger charge is -2.07. The molecule has 0 aliphatic carbocycles. The summed E-state index contributed by atoms with van der Waals surface area (Å²) in [4.78, 5) is 1.23.